The Hall–Kier alpha value is -0.830. The van der Waals surface area contributed by atoms with E-state index >= 15 is 0 Å². The Morgan fingerprint density at radius 3 is 2.65 bits per heavy atom. The minimum Gasteiger partial charge on any atom is -0.335 e. The second-order valence-electron chi connectivity index (χ2n) is 5.31. The zero-order valence-corrected chi connectivity index (χ0v) is 10.9. The molecule has 17 heavy (non-hydrogen) atoms. The Labute approximate surface area is 107 Å². The predicted octanol–water partition coefficient (Wildman–Crippen LogP) is 3.43. The third kappa shape index (κ3) is 2.54. The number of hydrogen-bond acceptors (Lipinski definition) is 2. The third-order valence-electron chi connectivity index (χ3n) is 3.91. The van der Waals surface area contributed by atoms with E-state index in [9.17, 15) is 4.79 Å². The van der Waals surface area contributed by atoms with Crippen molar-refractivity contribution in [3.8, 4) is 0 Å². The minimum atomic E-state index is 0.328. The van der Waals surface area contributed by atoms with Gasteiger partial charge in [0, 0.05) is 18.5 Å². The number of hydrogen-bond donors (Lipinski definition) is 0. The molecule has 2 saturated carbocycles. The van der Waals surface area contributed by atoms with Gasteiger partial charge >= 0.3 is 0 Å². The number of amides is 1. The number of rotatable bonds is 4. The van der Waals surface area contributed by atoms with Gasteiger partial charge in [0.25, 0.3) is 0 Å². The molecule has 1 aromatic rings. The van der Waals surface area contributed by atoms with Crippen LogP contribution in [0.4, 0.5) is 0 Å². The van der Waals surface area contributed by atoms with Crippen LogP contribution in [-0.2, 0) is 11.3 Å². The molecule has 0 aliphatic heterocycles. The van der Waals surface area contributed by atoms with Gasteiger partial charge in [-0.3, -0.25) is 4.79 Å². The first-order valence-corrected chi connectivity index (χ1v) is 7.60. The lowest BCUT2D eigenvalue weighted by molar-refractivity contribution is -0.136. The maximum atomic E-state index is 12.5. The van der Waals surface area contributed by atoms with Crippen molar-refractivity contribution >= 4 is 17.2 Å². The predicted molar refractivity (Wildman–Crippen MR) is 69.8 cm³/mol. The van der Waals surface area contributed by atoms with Gasteiger partial charge in [0.1, 0.15) is 0 Å². The Kier molecular flexibility index (Phi) is 3.19. The lowest BCUT2D eigenvalue weighted by Crippen LogP contribution is -2.36. The minimum absolute atomic E-state index is 0.328. The molecule has 0 N–H and O–H groups in total. The molecule has 0 saturated heterocycles. The van der Waals surface area contributed by atoms with E-state index in [4.69, 9.17) is 0 Å². The first-order chi connectivity index (χ1) is 8.34. The SMILES string of the molecule is O=C(C1CCCC1)N(Cc1ccsc1)C1CC1. The number of thiophene rings is 1. The van der Waals surface area contributed by atoms with Crippen LogP contribution in [0.25, 0.3) is 0 Å². The van der Waals surface area contributed by atoms with Crippen molar-refractivity contribution in [2.75, 3.05) is 0 Å². The molecule has 3 rings (SSSR count). The first kappa shape index (κ1) is 11.3. The van der Waals surface area contributed by atoms with Crippen LogP contribution < -0.4 is 0 Å². The van der Waals surface area contributed by atoms with Crippen molar-refractivity contribution in [1.29, 1.82) is 0 Å². The molecule has 2 nitrogen and oxygen atoms in total. The van der Waals surface area contributed by atoms with Gasteiger partial charge in [-0.2, -0.15) is 11.3 Å². The summed E-state index contributed by atoms with van der Waals surface area (Å²) in [4.78, 5) is 14.6. The lowest BCUT2D eigenvalue weighted by atomic mass is 10.1. The van der Waals surface area contributed by atoms with E-state index in [0.717, 1.165) is 19.4 Å². The van der Waals surface area contributed by atoms with E-state index in [-0.39, 0.29) is 0 Å². The number of nitrogens with zero attached hydrogens (tertiary/aromatic N) is 1. The molecule has 2 fully saturated rings. The fourth-order valence-electron chi connectivity index (χ4n) is 2.76. The summed E-state index contributed by atoms with van der Waals surface area (Å²) < 4.78 is 0. The second kappa shape index (κ2) is 4.81. The standard InChI is InChI=1S/C14H19NOS/c16-14(12-3-1-2-4-12)15(13-5-6-13)9-11-7-8-17-10-11/h7-8,10,12-13H,1-6,9H2. The molecule has 92 valence electrons. The van der Waals surface area contributed by atoms with Gasteiger partial charge in [0.2, 0.25) is 5.91 Å². The summed E-state index contributed by atoms with van der Waals surface area (Å²) in [6.07, 6.45) is 7.14. The van der Waals surface area contributed by atoms with Crippen LogP contribution in [0.15, 0.2) is 16.8 Å². The van der Waals surface area contributed by atoms with E-state index in [1.165, 1.54) is 31.2 Å². The molecular weight excluding hydrogens is 230 g/mol. The van der Waals surface area contributed by atoms with Crippen LogP contribution in [0.1, 0.15) is 44.1 Å². The number of carbonyl (C=O) groups excluding carboxylic acids is 1. The molecule has 3 heteroatoms. The van der Waals surface area contributed by atoms with Crippen LogP contribution in [0.3, 0.4) is 0 Å². The highest BCUT2D eigenvalue weighted by Crippen LogP contribution is 2.34. The van der Waals surface area contributed by atoms with Crippen molar-refractivity contribution in [1.82, 2.24) is 4.90 Å². The van der Waals surface area contributed by atoms with Crippen LogP contribution in [0, 0.1) is 5.92 Å². The quantitative estimate of drug-likeness (QED) is 0.800. The van der Waals surface area contributed by atoms with Crippen LogP contribution in [0.5, 0.6) is 0 Å². The van der Waals surface area contributed by atoms with Gasteiger partial charge < -0.3 is 4.90 Å². The molecule has 1 amide bonds. The van der Waals surface area contributed by atoms with E-state index < -0.39 is 0 Å². The van der Waals surface area contributed by atoms with Gasteiger partial charge in [-0.15, -0.1) is 0 Å². The van der Waals surface area contributed by atoms with Crippen molar-refractivity contribution in [3.05, 3.63) is 22.4 Å². The molecule has 0 radical (unpaired) electrons. The maximum Gasteiger partial charge on any atom is 0.226 e. The highest BCUT2D eigenvalue weighted by Gasteiger charge is 2.36. The summed E-state index contributed by atoms with van der Waals surface area (Å²) in [5.41, 5.74) is 1.30. The van der Waals surface area contributed by atoms with Crippen LogP contribution in [0.2, 0.25) is 0 Å². The average molecular weight is 249 g/mol. The fourth-order valence-corrected chi connectivity index (χ4v) is 3.42. The van der Waals surface area contributed by atoms with Crippen LogP contribution in [-0.4, -0.2) is 16.8 Å². The average Bonchev–Trinajstić information content (AvgIpc) is 2.86. The zero-order chi connectivity index (χ0) is 11.7. The summed E-state index contributed by atoms with van der Waals surface area (Å²) >= 11 is 1.72. The Morgan fingerprint density at radius 1 is 1.29 bits per heavy atom. The van der Waals surface area contributed by atoms with Gasteiger partial charge in [-0.1, -0.05) is 12.8 Å². The second-order valence-corrected chi connectivity index (χ2v) is 6.09. The molecular formula is C14H19NOS. The molecule has 1 heterocycles. The van der Waals surface area contributed by atoms with Crippen molar-refractivity contribution in [2.45, 2.75) is 51.1 Å². The van der Waals surface area contributed by atoms with Crippen LogP contribution >= 0.6 is 11.3 Å². The van der Waals surface area contributed by atoms with E-state index in [1.807, 2.05) is 0 Å². The van der Waals surface area contributed by atoms with Crippen molar-refractivity contribution in [2.24, 2.45) is 5.92 Å². The normalized spacial score (nSPS) is 20.7. The van der Waals surface area contributed by atoms with Crippen molar-refractivity contribution < 1.29 is 4.79 Å². The molecule has 0 bridgehead atoms. The molecule has 1 aromatic heterocycles. The topological polar surface area (TPSA) is 20.3 Å². The van der Waals surface area contributed by atoms with Gasteiger partial charge in [-0.05, 0) is 48.1 Å². The molecule has 0 aromatic carbocycles. The Bertz CT molecular complexity index is 377. The Morgan fingerprint density at radius 2 is 2.06 bits per heavy atom. The molecule has 2 aliphatic rings. The van der Waals surface area contributed by atoms with Gasteiger partial charge in [-0.25, -0.2) is 0 Å². The fraction of sp³-hybridized carbons (Fsp3) is 0.643. The largest absolute Gasteiger partial charge is 0.335 e. The number of carbonyl (C=O) groups is 1. The van der Waals surface area contributed by atoms with Gasteiger partial charge in [0.05, 0.1) is 0 Å². The molecule has 0 atom stereocenters. The zero-order valence-electron chi connectivity index (χ0n) is 10.1. The van der Waals surface area contributed by atoms with Crippen molar-refractivity contribution in [3.63, 3.8) is 0 Å². The summed E-state index contributed by atoms with van der Waals surface area (Å²) in [7, 11) is 0. The highest BCUT2D eigenvalue weighted by atomic mass is 32.1. The van der Waals surface area contributed by atoms with E-state index in [2.05, 4.69) is 21.7 Å². The summed E-state index contributed by atoms with van der Waals surface area (Å²) in [6, 6.07) is 2.69. The van der Waals surface area contributed by atoms with Gasteiger partial charge in [0.15, 0.2) is 0 Å². The highest BCUT2D eigenvalue weighted by molar-refractivity contribution is 7.07. The molecule has 0 unspecified atom stereocenters. The van der Waals surface area contributed by atoms with E-state index in [0.29, 0.717) is 17.9 Å². The van der Waals surface area contributed by atoms with E-state index in [1.54, 1.807) is 11.3 Å². The monoisotopic (exact) mass is 249 g/mol. The molecule has 2 aliphatic carbocycles. The molecule has 0 spiro atoms. The first-order valence-electron chi connectivity index (χ1n) is 6.66. The maximum absolute atomic E-state index is 12.5. The Balaban J connectivity index is 1.68. The summed E-state index contributed by atoms with van der Waals surface area (Å²) in [6.45, 7) is 0.837. The summed E-state index contributed by atoms with van der Waals surface area (Å²) in [5, 5.41) is 4.26. The lowest BCUT2D eigenvalue weighted by Gasteiger charge is -2.25. The third-order valence-corrected chi connectivity index (χ3v) is 4.64. The smallest absolute Gasteiger partial charge is 0.226 e. The summed E-state index contributed by atoms with van der Waals surface area (Å²) in [5.74, 6) is 0.755.